The van der Waals surface area contributed by atoms with Gasteiger partial charge in [0.15, 0.2) is 5.96 Å². The number of nitrogens with one attached hydrogen (secondary N) is 1. The molecule has 0 unspecified atom stereocenters. The van der Waals surface area contributed by atoms with E-state index in [1.807, 2.05) is 12.1 Å². The van der Waals surface area contributed by atoms with Crippen LogP contribution < -0.4 is 10.1 Å². The Hall–Kier alpha value is -1.02. The normalized spacial score (nSPS) is 15.1. The van der Waals surface area contributed by atoms with Crippen molar-refractivity contribution in [3.05, 3.63) is 29.8 Å². The van der Waals surface area contributed by atoms with Gasteiger partial charge in [-0.25, -0.2) is 0 Å². The van der Waals surface area contributed by atoms with Crippen molar-refractivity contribution in [3.8, 4) is 5.75 Å². The van der Waals surface area contributed by atoms with E-state index in [0.717, 1.165) is 63.3 Å². The maximum atomic E-state index is 5.45. The lowest BCUT2D eigenvalue weighted by Crippen LogP contribution is -2.40. The Morgan fingerprint density at radius 1 is 1.26 bits per heavy atom. The predicted molar refractivity (Wildman–Crippen MR) is 123 cm³/mol. The highest BCUT2D eigenvalue weighted by Crippen LogP contribution is 2.18. The molecule has 1 heterocycles. The first-order chi connectivity index (χ1) is 12.7. The van der Waals surface area contributed by atoms with Gasteiger partial charge in [0.1, 0.15) is 5.75 Å². The number of hydrogen-bond acceptors (Lipinski definition) is 3. The molecular weight excluding hydrogens is 453 g/mol. The molecule has 5 nitrogen and oxygen atoms in total. The number of rotatable bonds is 9. The fourth-order valence-corrected chi connectivity index (χ4v) is 3.25. The molecule has 0 aromatic heterocycles. The Kier molecular flexibility index (Phi) is 12.5. The average molecular weight is 489 g/mol. The summed E-state index contributed by atoms with van der Waals surface area (Å²) in [7, 11) is 3.84. The van der Waals surface area contributed by atoms with Crippen molar-refractivity contribution in [2.75, 3.05) is 47.0 Å². The molecule has 0 spiro atoms. The third-order valence-corrected chi connectivity index (χ3v) is 4.95. The SMILES string of the molecule is CCNC(=NCCCc1ccc(OC)cc1)N(C)CCC1CCOCC1.I. The molecule has 154 valence electrons. The molecule has 0 bridgehead atoms. The van der Waals surface area contributed by atoms with Crippen LogP contribution >= 0.6 is 24.0 Å². The summed E-state index contributed by atoms with van der Waals surface area (Å²) in [6.07, 6.45) is 5.70. The van der Waals surface area contributed by atoms with Crippen LogP contribution in [-0.4, -0.2) is 57.9 Å². The van der Waals surface area contributed by atoms with E-state index in [9.17, 15) is 0 Å². The van der Waals surface area contributed by atoms with Crippen molar-refractivity contribution in [2.24, 2.45) is 10.9 Å². The second-order valence-electron chi connectivity index (χ2n) is 6.95. The number of guanidine groups is 1. The molecule has 0 aliphatic carbocycles. The number of nitrogens with zero attached hydrogens (tertiary/aromatic N) is 2. The van der Waals surface area contributed by atoms with Crippen LogP contribution in [-0.2, 0) is 11.2 Å². The van der Waals surface area contributed by atoms with Gasteiger partial charge in [-0.05, 0) is 62.6 Å². The Labute approximate surface area is 181 Å². The molecule has 0 saturated carbocycles. The molecule has 1 N–H and O–H groups in total. The van der Waals surface area contributed by atoms with Crippen LogP contribution in [0, 0.1) is 5.92 Å². The second-order valence-corrected chi connectivity index (χ2v) is 6.95. The lowest BCUT2D eigenvalue weighted by atomic mass is 9.96. The average Bonchev–Trinajstić information content (AvgIpc) is 2.69. The number of halogens is 1. The van der Waals surface area contributed by atoms with E-state index in [2.05, 4.69) is 36.3 Å². The van der Waals surface area contributed by atoms with Crippen molar-refractivity contribution in [3.63, 3.8) is 0 Å². The molecular formula is C21H36IN3O2. The minimum atomic E-state index is 0. The minimum Gasteiger partial charge on any atom is -0.497 e. The van der Waals surface area contributed by atoms with Gasteiger partial charge in [0.25, 0.3) is 0 Å². The van der Waals surface area contributed by atoms with Gasteiger partial charge in [0, 0.05) is 39.9 Å². The molecule has 1 aromatic carbocycles. The zero-order valence-electron chi connectivity index (χ0n) is 17.1. The van der Waals surface area contributed by atoms with E-state index in [1.54, 1.807) is 7.11 Å². The molecule has 1 aliphatic rings. The Morgan fingerprint density at radius 2 is 1.96 bits per heavy atom. The first-order valence-corrected chi connectivity index (χ1v) is 9.93. The van der Waals surface area contributed by atoms with Crippen LogP contribution in [0.1, 0.15) is 38.2 Å². The maximum absolute atomic E-state index is 5.45. The van der Waals surface area contributed by atoms with Gasteiger partial charge in [-0.2, -0.15) is 0 Å². The fraction of sp³-hybridized carbons (Fsp3) is 0.667. The van der Waals surface area contributed by atoms with Crippen LogP contribution in [0.25, 0.3) is 0 Å². The van der Waals surface area contributed by atoms with E-state index in [-0.39, 0.29) is 24.0 Å². The van der Waals surface area contributed by atoms with E-state index in [0.29, 0.717) is 0 Å². The third kappa shape index (κ3) is 9.14. The molecule has 1 aliphatic heterocycles. The predicted octanol–water partition coefficient (Wildman–Crippen LogP) is 3.96. The van der Waals surface area contributed by atoms with Crippen LogP contribution in [0.2, 0.25) is 0 Å². The summed E-state index contributed by atoms with van der Waals surface area (Å²) in [5, 5.41) is 3.42. The van der Waals surface area contributed by atoms with Crippen molar-refractivity contribution in [1.29, 1.82) is 0 Å². The van der Waals surface area contributed by atoms with E-state index in [1.165, 1.54) is 24.8 Å². The molecule has 1 saturated heterocycles. The van der Waals surface area contributed by atoms with Crippen LogP contribution in [0.5, 0.6) is 5.75 Å². The molecule has 0 amide bonds. The van der Waals surface area contributed by atoms with E-state index < -0.39 is 0 Å². The Bertz CT molecular complexity index is 531. The molecule has 6 heteroatoms. The summed E-state index contributed by atoms with van der Waals surface area (Å²) >= 11 is 0. The third-order valence-electron chi connectivity index (χ3n) is 4.95. The molecule has 27 heavy (non-hydrogen) atoms. The quantitative estimate of drug-likeness (QED) is 0.247. The van der Waals surface area contributed by atoms with Crippen molar-refractivity contribution >= 4 is 29.9 Å². The number of benzene rings is 1. The highest BCUT2D eigenvalue weighted by Gasteiger charge is 2.15. The molecule has 2 rings (SSSR count). The molecule has 1 fully saturated rings. The van der Waals surface area contributed by atoms with Gasteiger partial charge < -0.3 is 19.7 Å². The highest BCUT2D eigenvalue weighted by molar-refractivity contribution is 14.0. The largest absolute Gasteiger partial charge is 0.497 e. The zero-order valence-corrected chi connectivity index (χ0v) is 19.4. The second kappa shape index (κ2) is 14.0. The van der Waals surface area contributed by atoms with Crippen molar-refractivity contribution in [2.45, 2.75) is 39.0 Å². The van der Waals surface area contributed by atoms with Crippen molar-refractivity contribution in [1.82, 2.24) is 10.2 Å². The topological polar surface area (TPSA) is 46.1 Å². The number of aliphatic imine (C=N–C) groups is 1. The van der Waals surface area contributed by atoms with Gasteiger partial charge in [-0.15, -0.1) is 24.0 Å². The molecule has 0 atom stereocenters. The zero-order chi connectivity index (χ0) is 18.6. The fourth-order valence-electron chi connectivity index (χ4n) is 3.25. The Balaban J connectivity index is 0.00000364. The summed E-state index contributed by atoms with van der Waals surface area (Å²) in [6, 6.07) is 8.31. The van der Waals surface area contributed by atoms with Gasteiger partial charge in [0.2, 0.25) is 0 Å². The Morgan fingerprint density at radius 3 is 2.59 bits per heavy atom. The lowest BCUT2D eigenvalue weighted by molar-refractivity contribution is 0.0625. The maximum Gasteiger partial charge on any atom is 0.193 e. The van der Waals surface area contributed by atoms with Crippen LogP contribution in [0.15, 0.2) is 29.3 Å². The number of hydrogen-bond donors (Lipinski definition) is 1. The first-order valence-electron chi connectivity index (χ1n) is 9.93. The summed E-state index contributed by atoms with van der Waals surface area (Å²) in [5.74, 6) is 2.73. The van der Waals surface area contributed by atoms with Gasteiger partial charge in [-0.1, -0.05) is 12.1 Å². The smallest absolute Gasteiger partial charge is 0.193 e. The first kappa shape index (κ1) is 24.0. The minimum absolute atomic E-state index is 0. The standard InChI is InChI=1S/C21H35N3O2.HI/c1-4-22-21(24(2)15-11-19-12-16-26-17-13-19)23-14-5-6-18-7-9-20(25-3)10-8-18;/h7-10,19H,4-6,11-17H2,1-3H3,(H,22,23);1H. The lowest BCUT2D eigenvalue weighted by Gasteiger charge is -2.26. The molecule has 0 radical (unpaired) electrons. The van der Waals surface area contributed by atoms with E-state index >= 15 is 0 Å². The monoisotopic (exact) mass is 489 g/mol. The van der Waals surface area contributed by atoms with E-state index in [4.69, 9.17) is 14.5 Å². The van der Waals surface area contributed by atoms with Gasteiger partial charge in [-0.3, -0.25) is 4.99 Å². The number of aryl methyl sites for hydroxylation is 1. The summed E-state index contributed by atoms with van der Waals surface area (Å²) < 4.78 is 10.7. The number of ether oxygens (including phenoxy) is 2. The number of methoxy groups -OCH3 is 1. The summed E-state index contributed by atoms with van der Waals surface area (Å²) in [4.78, 5) is 7.08. The van der Waals surface area contributed by atoms with Crippen molar-refractivity contribution < 1.29 is 9.47 Å². The summed E-state index contributed by atoms with van der Waals surface area (Å²) in [5.41, 5.74) is 1.33. The highest BCUT2D eigenvalue weighted by atomic mass is 127. The van der Waals surface area contributed by atoms with Crippen LogP contribution in [0.4, 0.5) is 0 Å². The summed E-state index contributed by atoms with van der Waals surface area (Å²) in [6.45, 7) is 6.77. The van der Waals surface area contributed by atoms with Gasteiger partial charge >= 0.3 is 0 Å². The molecule has 1 aromatic rings. The van der Waals surface area contributed by atoms with Crippen LogP contribution in [0.3, 0.4) is 0 Å². The van der Waals surface area contributed by atoms with Gasteiger partial charge in [0.05, 0.1) is 7.11 Å².